The van der Waals surface area contributed by atoms with E-state index < -0.39 is 27.2 Å². The average Bonchev–Trinajstić information content (AvgIpc) is 3.43. The minimum absolute atomic E-state index is 0.133. The first-order valence-electron chi connectivity index (χ1n) is 9.67. The molecule has 2 aromatic rings. The highest BCUT2D eigenvalue weighted by Crippen LogP contribution is 2.40. The van der Waals surface area contributed by atoms with E-state index in [1.54, 1.807) is 0 Å². The fourth-order valence-electron chi connectivity index (χ4n) is 4.39. The molecule has 0 spiro atoms. The molecule has 2 aliphatic rings. The smallest absolute Gasteiger partial charge is 0.243 e. The van der Waals surface area contributed by atoms with Crippen LogP contribution < -0.4 is 0 Å². The van der Waals surface area contributed by atoms with Crippen molar-refractivity contribution in [3.05, 3.63) is 35.7 Å². The van der Waals surface area contributed by atoms with E-state index in [-0.39, 0.29) is 24.0 Å². The van der Waals surface area contributed by atoms with Crippen LogP contribution in [0.25, 0.3) is 0 Å². The molecule has 158 valence electrons. The Morgan fingerprint density at radius 1 is 1.17 bits per heavy atom. The number of sulfonamides is 1. The van der Waals surface area contributed by atoms with Crippen LogP contribution in [0, 0.1) is 11.6 Å². The zero-order chi connectivity index (χ0) is 20.8. The van der Waals surface area contributed by atoms with Crippen molar-refractivity contribution in [2.24, 2.45) is 0 Å². The summed E-state index contributed by atoms with van der Waals surface area (Å²) in [5.74, 6) is -1.62. The van der Waals surface area contributed by atoms with Crippen LogP contribution in [0.4, 0.5) is 8.78 Å². The molecular weight excluding hydrogens is 402 g/mol. The van der Waals surface area contributed by atoms with Gasteiger partial charge in [-0.15, -0.1) is 5.10 Å². The lowest BCUT2D eigenvalue weighted by Gasteiger charge is -2.35. The number of likely N-dealkylation sites (N-methyl/N-ethyl adjacent to an activating group) is 1. The molecule has 1 aliphatic heterocycles. The van der Waals surface area contributed by atoms with Crippen molar-refractivity contribution in [3.63, 3.8) is 0 Å². The monoisotopic (exact) mass is 426 g/mol. The van der Waals surface area contributed by atoms with Crippen molar-refractivity contribution in [2.75, 3.05) is 27.2 Å². The van der Waals surface area contributed by atoms with Crippen LogP contribution in [-0.4, -0.2) is 65.0 Å². The molecule has 2 heterocycles. The Kier molecular flexibility index (Phi) is 5.16. The number of tetrazole rings is 1. The topological polar surface area (TPSA) is 84.2 Å². The van der Waals surface area contributed by atoms with Crippen LogP contribution in [0.5, 0.6) is 0 Å². The van der Waals surface area contributed by atoms with Gasteiger partial charge in [0.15, 0.2) is 17.5 Å². The molecule has 1 saturated heterocycles. The summed E-state index contributed by atoms with van der Waals surface area (Å²) < 4.78 is 56.2. The van der Waals surface area contributed by atoms with E-state index in [4.69, 9.17) is 0 Å². The molecule has 1 aromatic carbocycles. The number of hydrogen-bond donors (Lipinski definition) is 0. The summed E-state index contributed by atoms with van der Waals surface area (Å²) in [6, 6.07) is 2.86. The zero-order valence-corrected chi connectivity index (χ0v) is 17.2. The van der Waals surface area contributed by atoms with Gasteiger partial charge in [-0.2, -0.15) is 4.31 Å². The maximum absolute atomic E-state index is 13.6. The Morgan fingerprint density at radius 2 is 1.90 bits per heavy atom. The highest BCUT2D eigenvalue weighted by atomic mass is 32.2. The lowest BCUT2D eigenvalue weighted by Crippen LogP contribution is -2.47. The van der Waals surface area contributed by atoms with Crippen molar-refractivity contribution in [2.45, 2.75) is 48.6 Å². The lowest BCUT2D eigenvalue weighted by atomic mass is 9.95. The summed E-state index contributed by atoms with van der Waals surface area (Å²) in [5, 5.41) is 12.4. The summed E-state index contributed by atoms with van der Waals surface area (Å²) >= 11 is 0. The van der Waals surface area contributed by atoms with Crippen molar-refractivity contribution in [3.8, 4) is 0 Å². The summed E-state index contributed by atoms with van der Waals surface area (Å²) in [4.78, 5) is 1.69. The Balaban J connectivity index is 1.68. The van der Waals surface area contributed by atoms with E-state index in [1.807, 2.05) is 23.7 Å². The SMILES string of the molecule is CN(C)C1(c2nnnn2C2CCCC2)CCN(S(=O)(=O)c2ccc(F)c(F)c2)C1. The molecule has 11 heteroatoms. The summed E-state index contributed by atoms with van der Waals surface area (Å²) in [7, 11) is -0.231. The van der Waals surface area contributed by atoms with Gasteiger partial charge in [-0.1, -0.05) is 12.8 Å². The number of halogens is 2. The summed E-state index contributed by atoms with van der Waals surface area (Å²) in [5.41, 5.74) is -0.697. The molecule has 0 amide bonds. The van der Waals surface area contributed by atoms with Crippen LogP contribution in [0.3, 0.4) is 0 Å². The van der Waals surface area contributed by atoms with Gasteiger partial charge in [-0.3, -0.25) is 4.90 Å². The van der Waals surface area contributed by atoms with Gasteiger partial charge in [0.2, 0.25) is 10.0 Å². The number of rotatable bonds is 5. The van der Waals surface area contributed by atoms with E-state index in [2.05, 4.69) is 15.5 Å². The Hall–Kier alpha value is -1.98. The van der Waals surface area contributed by atoms with E-state index in [0.717, 1.165) is 43.9 Å². The van der Waals surface area contributed by atoms with Crippen molar-refractivity contribution >= 4 is 10.0 Å². The third-order valence-corrected chi connectivity index (χ3v) is 8.02. The van der Waals surface area contributed by atoms with Gasteiger partial charge in [0, 0.05) is 13.1 Å². The maximum Gasteiger partial charge on any atom is 0.243 e. The highest BCUT2D eigenvalue weighted by molar-refractivity contribution is 7.89. The van der Waals surface area contributed by atoms with Crippen LogP contribution in [0.1, 0.15) is 44.0 Å². The largest absolute Gasteiger partial charge is 0.296 e. The highest BCUT2D eigenvalue weighted by Gasteiger charge is 2.50. The van der Waals surface area contributed by atoms with Gasteiger partial charge in [-0.05, 0) is 62.0 Å². The Bertz CT molecular complexity index is 1010. The van der Waals surface area contributed by atoms with Gasteiger partial charge in [0.05, 0.1) is 16.5 Å². The molecule has 1 aliphatic carbocycles. The van der Waals surface area contributed by atoms with Crippen LogP contribution >= 0.6 is 0 Å². The number of aromatic nitrogens is 4. The van der Waals surface area contributed by atoms with Crippen LogP contribution in [0.15, 0.2) is 23.1 Å². The minimum atomic E-state index is -3.98. The lowest BCUT2D eigenvalue weighted by molar-refractivity contribution is 0.144. The predicted molar refractivity (Wildman–Crippen MR) is 100 cm³/mol. The molecule has 8 nitrogen and oxygen atoms in total. The first-order valence-corrected chi connectivity index (χ1v) is 11.1. The average molecular weight is 426 g/mol. The third-order valence-electron chi connectivity index (χ3n) is 6.18. The van der Waals surface area contributed by atoms with Crippen molar-refractivity contribution in [1.82, 2.24) is 29.4 Å². The zero-order valence-electron chi connectivity index (χ0n) is 16.4. The maximum atomic E-state index is 13.6. The molecule has 1 unspecified atom stereocenters. The van der Waals surface area contributed by atoms with E-state index in [1.165, 1.54) is 4.31 Å². The van der Waals surface area contributed by atoms with Crippen LogP contribution in [0.2, 0.25) is 0 Å². The summed E-state index contributed by atoms with van der Waals surface area (Å²) in [6.45, 7) is 0.367. The van der Waals surface area contributed by atoms with Gasteiger partial charge in [-0.25, -0.2) is 21.9 Å². The van der Waals surface area contributed by atoms with Gasteiger partial charge in [0.1, 0.15) is 0 Å². The second kappa shape index (κ2) is 7.37. The fourth-order valence-corrected chi connectivity index (χ4v) is 5.90. The van der Waals surface area contributed by atoms with E-state index >= 15 is 0 Å². The first kappa shape index (κ1) is 20.3. The van der Waals surface area contributed by atoms with Gasteiger partial charge >= 0.3 is 0 Å². The van der Waals surface area contributed by atoms with Crippen molar-refractivity contribution in [1.29, 1.82) is 0 Å². The molecule has 0 N–H and O–H groups in total. The van der Waals surface area contributed by atoms with E-state index in [9.17, 15) is 17.2 Å². The normalized spacial score (nSPS) is 24.0. The second-order valence-electron chi connectivity index (χ2n) is 7.98. The number of hydrogen-bond acceptors (Lipinski definition) is 6. The number of benzene rings is 1. The molecule has 2 fully saturated rings. The Morgan fingerprint density at radius 3 is 2.55 bits per heavy atom. The molecule has 0 radical (unpaired) electrons. The molecule has 29 heavy (non-hydrogen) atoms. The standard InChI is InChI=1S/C18H24F2N6O2S/c1-24(2)18(17-21-22-23-26(17)13-5-3-4-6-13)9-10-25(12-18)29(27,28)14-7-8-15(19)16(20)11-14/h7-8,11,13H,3-6,9-10,12H2,1-2H3. The summed E-state index contributed by atoms with van der Waals surface area (Å²) in [6.07, 6.45) is 4.73. The Labute approximate surface area is 168 Å². The molecule has 1 atom stereocenters. The predicted octanol–water partition coefficient (Wildman–Crippen LogP) is 1.92. The second-order valence-corrected chi connectivity index (χ2v) is 9.91. The van der Waals surface area contributed by atoms with Crippen LogP contribution in [-0.2, 0) is 15.6 Å². The quantitative estimate of drug-likeness (QED) is 0.726. The molecule has 1 aromatic heterocycles. The number of nitrogens with zero attached hydrogens (tertiary/aromatic N) is 6. The first-order chi connectivity index (χ1) is 13.8. The minimum Gasteiger partial charge on any atom is -0.296 e. The van der Waals surface area contributed by atoms with Gasteiger partial charge in [0.25, 0.3) is 0 Å². The fraction of sp³-hybridized carbons (Fsp3) is 0.611. The third kappa shape index (κ3) is 3.34. The molecular formula is C18H24F2N6O2S. The van der Waals surface area contributed by atoms with E-state index in [0.29, 0.717) is 12.2 Å². The molecule has 1 saturated carbocycles. The van der Waals surface area contributed by atoms with Crippen molar-refractivity contribution < 1.29 is 17.2 Å². The molecule has 4 rings (SSSR count). The molecule has 0 bridgehead atoms. The van der Waals surface area contributed by atoms with Gasteiger partial charge < -0.3 is 0 Å².